The van der Waals surface area contributed by atoms with Gasteiger partial charge < -0.3 is 23.8 Å². The number of aryl methyl sites for hydroxylation is 1. The molecule has 1 amide bonds. The van der Waals surface area contributed by atoms with Crippen LogP contribution >= 0.6 is 11.6 Å². The molecule has 4 rings (SSSR count). The number of carbonyl (C=O) groups is 1. The van der Waals surface area contributed by atoms with Gasteiger partial charge in [0.15, 0.2) is 11.5 Å². The van der Waals surface area contributed by atoms with Gasteiger partial charge in [-0.2, -0.15) is 5.10 Å². The van der Waals surface area contributed by atoms with Gasteiger partial charge in [-0.1, -0.05) is 23.7 Å². The number of para-hydroxylation sites is 2. The van der Waals surface area contributed by atoms with E-state index in [2.05, 4.69) is 0 Å². The molecule has 1 fully saturated rings. The Hall–Kier alpha value is -3.07. The molecular weight excluding hydrogens is 470 g/mol. The molecule has 3 aromatic rings. The number of hydrogen-bond donors (Lipinski definition) is 0. The summed E-state index contributed by atoms with van der Waals surface area (Å²) in [4.78, 5) is 14.7. The molecule has 0 bridgehead atoms. The molecule has 0 N–H and O–H groups in total. The van der Waals surface area contributed by atoms with Crippen LogP contribution in [0.25, 0.3) is 5.69 Å². The molecule has 2 heterocycles. The molecule has 1 aliphatic rings. The van der Waals surface area contributed by atoms with Gasteiger partial charge in [-0.05, 0) is 56.2 Å². The lowest BCUT2D eigenvalue weighted by Gasteiger charge is -2.25. The second-order valence-electron chi connectivity index (χ2n) is 8.35. The largest absolute Gasteiger partial charge is 0.493 e. The average molecular weight is 500 g/mol. The predicted octanol–water partition coefficient (Wildman–Crippen LogP) is 4.79. The Morgan fingerprint density at radius 1 is 1.17 bits per heavy atom. The third-order valence-electron chi connectivity index (χ3n) is 5.90. The van der Waals surface area contributed by atoms with E-state index >= 15 is 0 Å². The number of methoxy groups -OCH3 is 2. The van der Waals surface area contributed by atoms with E-state index in [1.54, 1.807) is 28.8 Å². The molecule has 35 heavy (non-hydrogen) atoms. The first-order valence-corrected chi connectivity index (χ1v) is 11.9. The lowest BCUT2D eigenvalue weighted by atomic mass is 10.2. The van der Waals surface area contributed by atoms with Crippen LogP contribution in [0.3, 0.4) is 0 Å². The van der Waals surface area contributed by atoms with Crippen molar-refractivity contribution in [3.63, 3.8) is 0 Å². The fourth-order valence-electron chi connectivity index (χ4n) is 4.08. The van der Waals surface area contributed by atoms with Gasteiger partial charge in [0, 0.05) is 25.3 Å². The van der Waals surface area contributed by atoms with Crippen LogP contribution in [-0.2, 0) is 20.8 Å². The van der Waals surface area contributed by atoms with Crippen molar-refractivity contribution in [2.45, 2.75) is 32.4 Å². The number of aromatic nitrogens is 2. The van der Waals surface area contributed by atoms with Gasteiger partial charge in [0.05, 0.1) is 36.7 Å². The highest BCUT2D eigenvalue weighted by Gasteiger charge is 2.27. The Kier molecular flexibility index (Phi) is 8.28. The molecule has 2 aromatic carbocycles. The first-order chi connectivity index (χ1) is 17.0. The van der Waals surface area contributed by atoms with Gasteiger partial charge in [-0.3, -0.25) is 4.79 Å². The summed E-state index contributed by atoms with van der Waals surface area (Å²) < 4.78 is 24.6. The quantitative estimate of drug-likeness (QED) is 0.399. The van der Waals surface area contributed by atoms with E-state index < -0.39 is 0 Å². The van der Waals surface area contributed by atoms with Gasteiger partial charge in [-0.15, -0.1) is 0 Å². The molecule has 1 aliphatic heterocycles. The van der Waals surface area contributed by atoms with Crippen LogP contribution in [0.15, 0.2) is 48.5 Å². The molecular formula is C26H30ClN3O5. The van der Waals surface area contributed by atoms with Crippen LogP contribution < -0.4 is 9.47 Å². The molecule has 1 saturated heterocycles. The SMILES string of the molecule is COCC(=O)N(Cc1c(C)nn(-c2ccc(Cl)cc2)c1Oc1ccccc1OC)C[C@H]1CCCO1. The summed E-state index contributed by atoms with van der Waals surface area (Å²) in [7, 11) is 3.11. The van der Waals surface area contributed by atoms with Gasteiger partial charge in [0.1, 0.15) is 6.61 Å². The van der Waals surface area contributed by atoms with Crippen LogP contribution in [0.4, 0.5) is 0 Å². The van der Waals surface area contributed by atoms with E-state index in [0.717, 1.165) is 29.8 Å². The minimum Gasteiger partial charge on any atom is -0.493 e. The van der Waals surface area contributed by atoms with Gasteiger partial charge in [0.25, 0.3) is 0 Å². The first-order valence-electron chi connectivity index (χ1n) is 11.5. The lowest BCUT2D eigenvalue weighted by Crippen LogP contribution is -2.39. The summed E-state index contributed by atoms with van der Waals surface area (Å²) in [6.45, 7) is 3.38. The third-order valence-corrected chi connectivity index (χ3v) is 6.15. The zero-order valence-electron chi connectivity index (χ0n) is 20.2. The Balaban J connectivity index is 1.75. The predicted molar refractivity (Wildman–Crippen MR) is 133 cm³/mol. The molecule has 0 spiro atoms. The monoisotopic (exact) mass is 499 g/mol. The third kappa shape index (κ3) is 5.96. The highest BCUT2D eigenvalue weighted by Crippen LogP contribution is 2.36. The Labute approximate surface area is 210 Å². The minimum absolute atomic E-state index is 0.000933. The Morgan fingerprint density at radius 3 is 2.57 bits per heavy atom. The average Bonchev–Trinajstić information content (AvgIpc) is 3.48. The molecule has 1 atom stereocenters. The molecule has 8 nitrogen and oxygen atoms in total. The summed E-state index contributed by atoms with van der Waals surface area (Å²) >= 11 is 6.11. The zero-order valence-corrected chi connectivity index (χ0v) is 21.0. The fourth-order valence-corrected chi connectivity index (χ4v) is 4.21. The topological polar surface area (TPSA) is 75.1 Å². The molecule has 9 heteroatoms. The number of amides is 1. The standard InChI is InChI=1S/C26H30ClN3O5/c1-18-22(16-29(25(31)17-32-2)15-21-7-6-14-34-21)26(35-24-9-5-4-8-23(24)33-3)30(28-18)20-12-10-19(27)11-13-20/h4-5,8-13,21H,6-7,14-17H2,1-3H3/t21-/m1/s1. The van der Waals surface area contributed by atoms with E-state index in [4.69, 9.17) is 35.6 Å². The number of hydrogen-bond acceptors (Lipinski definition) is 6. The summed E-state index contributed by atoms with van der Waals surface area (Å²) in [6, 6.07) is 14.7. The van der Waals surface area contributed by atoms with Crippen molar-refractivity contribution in [1.29, 1.82) is 0 Å². The van der Waals surface area contributed by atoms with Crippen molar-refractivity contribution in [2.75, 3.05) is 34.0 Å². The van der Waals surface area contributed by atoms with Crippen molar-refractivity contribution in [3.8, 4) is 23.1 Å². The van der Waals surface area contributed by atoms with Crippen LogP contribution in [0.1, 0.15) is 24.1 Å². The summed E-state index contributed by atoms with van der Waals surface area (Å²) in [6.07, 6.45) is 1.91. The second-order valence-corrected chi connectivity index (χ2v) is 8.79. The highest BCUT2D eigenvalue weighted by molar-refractivity contribution is 6.30. The van der Waals surface area contributed by atoms with E-state index in [-0.39, 0.29) is 18.6 Å². The highest BCUT2D eigenvalue weighted by atomic mass is 35.5. The van der Waals surface area contributed by atoms with Crippen molar-refractivity contribution in [2.24, 2.45) is 0 Å². The molecule has 0 aliphatic carbocycles. The minimum atomic E-state index is -0.120. The Bertz CT molecular complexity index is 1140. The van der Waals surface area contributed by atoms with Gasteiger partial charge >= 0.3 is 0 Å². The van der Waals surface area contributed by atoms with Crippen molar-refractivity contribution < 1.29 is 23.7 Å². The van der Waals surface area contributed by atoms with E-state index in [0.29, 0.717) is 42.1 Å². The molecule has 186 valence electrons. The zero-order chi connectivity index (χ0) is 24.8. The first kappa shape index (κ1) is 25.0. The van der Waals surface area contributed by atoms with Crippen LogP contribution in [0, 0.1) is 6.92 Å². The molecule has 0 radical (unpaired) electrons. The van der Waals surface area contributed by atoms with Gasteiger partial charge in [0.2, 0.25) is 11.8 Å². The summed E-state index contributed by atoms with van der Waals surface area (Å²) in [5.41, 5.74) is 2.31. The van der Waals surface area contributed by atoms with Crippen LogP contribution in [0.2, 0.25) is 5.02 Å². The molecule has 0 saturated carbocycles. The van der Waals surface area contributed by atoms with Gasteiger partial charge in [-0.25, -0.2) is 4.68 Å². The Morgan fingerprint density at radius 2 is 1.91 bits per heavy atom. The maximum absolute atomic E-state index is 13.0. The normalized spacial score (nSPS) is 15.3. The van der Waals surface area contributed by atoms with E-state index in [1.807, 2.05) is 43.3 Å². The number of carbonyl (C=O) groups excluding carboxylic acids is 1. The van der Waals surface area contributed by atoms with Crippen molar-refractivity contribution in [3.05, 3.63) is 64.8 Å². The van der Waals surface area contributed by atoms with Crippen molar-refractivity contribution >= 4 is 17.5 Å². The second kappa shape index (κ2) is 11.6. The molecule has 1 aromatic heterocycles. The van der Waals surface area contributed by atoms with E-state index in [9.17, 15) is 4.79 Å². The number of rotatable bonds is 10. The van der Waals surface area contributed by atoms with Crippen molar-refractivity contribution in [1.82, 2.24) is 14.7 Å². The smallest absolute Gasteiger partial charge is 0.248 e. The molecule has 0 unspecified atom stereocenters. The van der Waals surface area contributed by atoms with E-state index in [1.165, 1.54) is 7.11 Å². The maximum Gasteiger partial charge on any atom is 0.248 e. The van der Waals surface area contributed by atoms with Crippen LogP contribution in [-0.4, -0.2) is 60.7 Å². The fraction of sp³-hybridized carbons (Fsp3) is 0.385. The number of nitrogens with zero attached hydrogens (tertiary/aromatic N) is 3. The summed E-state index contributed by atoms with van der Waals surface area (Å²) in [5.74, 6) is 1.51. The summed E-state index contributed by atoms with van der Waals surface area (Å²) in [5, 5.41) is 5.38. The lowest BCUT2D eigenvalue weighted by molar-refractivity contribution is -0.137. The number of benzene rings is 2. The number of halogens is 1. The number of ether oxygens (including phenoxy) is 4. The van der Waals surface area contributed by atoms with Crippen LogP contribution in [0.5, 0.6) is 17.4 Å². The maximum atomic E-state index is 13.0.